The van der Waals surface area contributed by atoms with Gasteiger partial charge < -0.3 is 11.1 Å². The lowest BCUT2D eigenvalue weighted by Gasteiger charge is -2.12. The van der Waals surface area contributed by atoms with Crippen molar-refractivity contribution in [3.05, 3.63) is 51.7 Å². The predicted molar refractivity (Wildman–Crippen MR) is 82.6 cm³/mol. The number of rotatable bonds is 3. The van der Waals surface area contributed by atoms with Gasteiger partial charge in [0.25, 0.3) is 0 Å². The fourth-order valence-electron chi connectivity index (χ4n) is 1.45. The first kappa shape index (κ1) is 13.3. The Kier molecular flexibility index (Phi) is 4.16. The molecule has 0 aliphatic heterocycles. The third kappa shape index (κ3) is 2.80. The van der Waals surface area contributed by atoms with Crippen molar-refractivity contribution in [3.8, 4) is 0 Å². The Morgan fingerprint density at radius 1 is 1.28 bits per heavy atom. The van der Waals surface area contributed by atoms with Crippen LogP contribution in [0.15, 0.2) is 41.0 Å². The first-order chi connectivity index (χ1) is 8.59. The van der Waals surface area contributed by atoms with Crippen molar-refractivity contribution < 1.29 is 0 Å². The Morgan fingerprint density at radius 2 is 2.00 bits per heavy atom. The number of halogens is 2. The summed E-state index contributed by atoms with van der Waals surface area (Å²) in [5.74, 6) is 0. The minimum Gasteiger partial charge on any atom is -0.388 e. The Labute approximate surface area is 123 Å². The maximum Gasteiger partial charge on any atom is 0.124 e. The first-order valence-electron chi connectivity index (χ1n) is 5.05. The van der Waals surface area contributed by atoms with Crippen LogP contribution in [-0.2, 0) is 0 Å². The van der Waals surface area contributed by atoms with E-state index >= 15 is 0 Å². The van der Waals surface area contributed by atoms with Crippen molar-refractivity contribution in [2.24, 2.45) is 5.73 Å². The van der Waals surface area contributed by atoms with Crippen molar-refractivity contribution in [1.82, 2.24) is 4.98 Å². The highest BCUT2D eigenvalue weighted by atomic mass is 79.9. The lowest BCUT2D eigenvalue weighted by Crippen LogP contribution is -2.13. The molecule has 0 spiro atoms. The molecule has 0 saturated heterocycles. The molecule has 0 saturated carbocycles. The van der Waals surface area contributed by atoms with E-state index in [1.807, 2.05) is 24.3 Å². The average Bonchev–Trinajstić information content (AvgIpc) is 2.35. The number of hydrogen-bond donors (Lipinski definition) is 2. The van der Waals surface area contributed by atoms with E-state index < -0.39 is 0 Å². The zero-order valence-corrected chi connectivity index (χ0v) is 12.3. The number of nitrogens with two attached hydrogens (primary N) is 1. The zero-order valence-electron chi connectivity index (χ0n) is 9.15. The summed E-state index contributed by atoms with van der Waals surface area (Å²) in [4.78, 5) is 4.40. The van der Waals surface area contributed by atoms with Crippen molar-refractivity contribution in [2.45, 2.75) is 0 Å². The second kappa shape index (κ2) is 5.65. The van der Waals surface area contributed by atoms with Gasteiger partial charge in [-0.3, -0.25) is 4.98 Å². The molecule has 0 amide bonds. The van der Waals surface area contributed by atoms with Crippen molar-refractivity contribution >= 4 is 56.1 Å². The Bertz CT molecular complexity index is 604. The molecule has 2 rings (SSSR count). The van der Waals surface area contributed by atoms with Crippen LogP contribution in [0.2, 0.25) is 5.02 Å². The minimum atomic E-state index is 0.247. The average molecular weight is 343 g/mol. The van der Waals surface area contributed by atoms with Gasteiger partial charge in [0.2, 0.25) is 0 Å². The summed E-state index contributed by atoms with van der Waals surface area (Å²) in [5.41, 5.74) is 7.75. The maximum absolute atomic E-state index is 6.03. The maximum atomic E-state index is 6.03. The van der Waals surface area contributed by atoms with Crippen LogP contribution in [0.25, 0.3) is 0 Å². The highest BCUT2D eigenvalue weighted by Gasteiger charge is 2.09. The van der Waals surface area contributed by atoms with Gasteiger partial charge in [0.05, 0.1) is 20.9 Å². The summed E-state index contributed by atoms with van der Waals surface area (Å²) >= 11 is 14.4. The lowest BCUT2D eigenvalue weighted by molar-refractivity contribution is 1.28. The van der Waals surface area contributed by atoms with Crippen molar-refractivity contribution in [3.63, 3.8) is 0 Å². The van der Waals surface area contributed by atoms with Crippen molar-refractivity contribution in [2.75, 3.05) is 5.32 Å². The number of pyridine rings is 1. The topological polar surface area (TPSA) is 50.9 Å². The molecule has 3 nitrogen and oxygen atoms in total. The number of thiocarbonyl (C=S) groups is 1. The molecule has 0 aliphatic carbocycles. The van der Waals surface area contributed by atoms with Gasteiger partial charge in [-0.05, 0) is 40.2 Å². The number of aromatic nitrogens is 1. The largest absolute Gasteiger partial charge is 0.388 e. The van der Waals surface area contributed by atoms with Gasteiger partial charge in [-0.15, -0.1) is 0 Å². The van der Waals surface area contributed by atoms with Gasteiger partial charge in [0, 0.05) is 6.20 Å². The third-order valence-electron chi connectivity index (χ3n) is 2.26. The molecular formula is C12H9BrClN3S. The molecule has 6 heteroatoms. The molecule has 3 N–H and O–H groups in total. The quantitative estimate of drug-likeness (QED) is 0.831. The van der Waals surface area contributed by atoms with Gasteiger partial charge in [-0.1, -0.05) is 29.9 Å². The summed E-state index contributed by atoms with van der Waals surface area (Å²) < 4.78 is 0.782. The minimum absolute atomic E-state index is 0.247. The standard InChI is InChI=1S/C12H9BrClN3S/c13-10-7(14)3-1-4-8(10)17-9-5-2-6-16-11(9)12(15)18/h1-6,17H,(H2,15,18). The second-order valence-corrected chi connectivity index (χ2v) is 5.13. The number of hydrogen-bond acceptors (Lipinski definition) is 3. The molecule has 0 aliphatic rings. The Hall–Kier alpha value is -1.17. The van der Waals surface area contributed by atoms with E-state index in [2.05, 4.69) is 26.2 Å². The number of anilines is 2. The molecule has 1 aromatic heterocycles. The molecule has 0 fully saturated rings. The summed E-state index contributed by atoms with van der Waals surface area (Å²) in [7, 11) is 0. The van der Waals surface area contributed by atoms with Crippen LogP contribution in [0, 0.1) is 0 Å². The van der Waals surface area contributed by atoms with Gasteiger partial charge in [-0.25, -0.2) is 0 Å². The monoisotopic (exact) mass is 341 g/mol. The van der Waals surface area contributed by atoms with Crippen LogP contribution in [0.4, 0.5) is 11.4 Å². The number of nitrogens with zero attached hydrogens (tertiary/aromatic N) is 1. The highest BCUT2D eigenvalue weighted by molar-refractivity contribution is 9.10. The highest BCUT2D eigenvalue weighted by Crippen LogP contribution is 2.32. The Balaban J connectivity index is 2.40. The van der Waals surface area contributed by atoms with Crippen LogP contribution < -0.4 is 11.1 Å². The van der Waals surface area contributed by atoms with E-state index in [9.17, 15) is 0 Å². The summed E-state index contributed by atoms with van der Waals surface area (Å²) in [6.07, 6.45) is 1.65. The van der Waals surface area contributed by atoms with E-state index in [1.54, 1.807) is 12.3 Å². The second-order valence-electron chi connectivity index (χ2n) is 3.49. The zero-order chi connectivity index (χ0) is 13.1. The van der Waals surface area contributed by atoms with E-state index in [-0.39, 0.29) is 4.99 Å². The molecule has 0 radical (unpaired) electrons. The van der Waals surface area contributed by atoms with Crippen LogP contribution >= 0.6 is 39.7 Å². The normalized spacial score (nSPS) is 10.1. The van der Waals surface area contributed by atoms with E-state index in [4.69, 9.17) is 29.6 Å². The number of nitrogens with one attached hydrogen (secondary N) is 1. The number of benzene rings is 1. The molecule has 2 aromatic rings. The van der Waals surface area contributed by atoms with Crippen LogP contribution in [-0.4, -0.2) is 9.97 Å². The Morgan fingerprint density at radius 3 is 2.72 bits per heavy atom. The molecular weight excluding hydrogens is 334 g/mol. The summed E-state index contributed by atoms with van der Waals surface area (Å²) in [6, 6.07) is 9.21. The van der Waals surface area contributed by atoms with Crippen LogP contribution in [0.3, 0.4) is 0 Å². The van der Waals surface area contributed by atoms with Crippen molar-refractivity contribution in [1.29, 1.82) is 0 Å². The van der Waals surface area contributed by atoms with Gasteiger partial charge in [0.1, 0.15) is 10.7 Å². The van der Waals surface area contributed by atoms with E-state index in [0.29, 0.717) is 10.7 Å². The molecule has 18 heavy (non-hydrogen) atoms. The molecule has 92 valence electrons. The smallest absolute Gasteiger partial charge is 0.124 e. The fourth-order valence-corrected chi connectivity index (χ4v) is 2.15. The molecule has 0 atom stereocenters. The summed E-state index contributed by atoms with van der Waals surface area (Å²) in [5, 5.41) is 3.83. The molecule has 0 bridgehead atoms. The molecule has 1 aromatic carbocycles. The molecule has 0 unspecified atom stereocenters. The summed E-state index contributed by atoms with van der Waals surface area (Å²) in [6.45, 7) is 0. The van der Waals surface area contributed by atoms with Gasteiger partial charge >= 0.3 is 0 Å². The molecule has 1 heterocycles. The van der Waals surface area contributed by atoms with E-state index in [0.717, 1.165) is 15.8 Å². The third-order valence-corrected chi connectivity index (χ3v) is 3.85. The van der Waals surface area contributed by atoms with Gasteiger partial charge in [0.15, 0.2) is 0 Å². The van der Waals surface area contributed by atoms with Crippen LogP contribution in [0.5, 0.6) is 0 Å². The fraction of sp³-hybridized carbons (Fsp3) is 0. The van der Waals surface area contributed by atoms with Crippen LogP contribution in [0.1, 0.15) is 5.69 Å². The SMILES string of the molecule is NC(=S)c1ncccc1Nc1cccc(Cl)c1Br. The predicted octanol–water partition coefficient (Wildman–Crippen LogP) is 3.88. The van der Waals surface area contributed by atoms with E-state index in [1.165, 1.54) is 0 Å². The first-order valence-corrected chi connectivity index (χ1v) is 6.63. The lowest BCUT2D eigenvalue weighted by atomic mass is 10.2. The van der Waals surface area contributed by atoms with Gasteiger partial charge in [-0.2, -0.15) is 0 Å².